The molecule has 0 radical (unpaired) electrons. The zero-order valence-corrected chi connectivity index (χ0v) is 21.5. The molecule has 37 heavy (non-hydrogen) atoms. The van der Waals surface area contributed by atoms with Crippen LogP contribution in [0.15, 0.2) is 36.0 Å². The van der Waals surface area contributed by atoms with Crippen LogP contribution in [0.2, 0.25) is 0 Å². The van der Waals surface area contributed by atoms with Crippen LogP contribution < -0.4 is 0 Å². The van der Waals surface area contributed by atoms with E-state index < -0.39 is 37.3 Å². The van der Waals surface area contributed by atoms with Gasteiger partial charge in [-0.15, -0.1) is 0 Å². The van der Waals surface area contributed by atoms with E-state index in [1.54, 1.807) is 0 Å². The minimum atomic E-state index is -1.78. The van der Waals surface area contributed by atoms with Gasteiger partial charge in [-0.3, -0.25) is 9.69 Å². The lowest BCUT2D eigenvalue weighted by Crippen LogP contribution is -2.50. The van der Waals surface area contributed by atoms with Crippen LogP contribution in [-0.2, 0) is 27.2 Å². The van der Waals surface area contributed by atoms with Gasteiger partial charge in [0.25, 0.3) is 0 Å². The monoisotopic (exact) mass is 514 g/mol. The number of Topliss-reactive ketones (excluding diaryl/α,β-unsaturated/α-hetero) is 1. The van der Waals surface area contributed by atoms with Gasteiger partial charge in [-0.2, -0.15) is 0 Å². The first-order chi connectivity index (χ1) is 17.8. The first-order valence-corrected chi connectivity index (χ1v) is 13.2. The summed E-state index contributed by atoms with van der Waals surface area (Å²) in [4.78, 5) is 14.1. The van der Waals surface area contributed by atoms with E-state index in [9.17, 15) is 25.2 Å². The maximum absolute atomic E-state index is 11.8. The zero-order valence-electron chi connectivity index (χ0n) is 21.5. The zero-order chi connectivity index (χ0) is 26.3. The quantitative estimate of drug-likeness (QED) is 0.348. The maximum Gasteiger partial charge on any atom is 0.221 e. The number of aliphatic hydroxyl groups excluding tert-OH is 4. The van der Waals surface area contributed by atoms with Gasteiger partial charge in [-0.1, -0.05) is 25.1 Å². The largest absolute Gasteiger partial charge is 0.394 e. The number of aliphatic hydroxyl groups is 4. The Labute approximate surface area is 216 Å². The molecule has 9 heteroatoms. The van der Waals surface area contributed by atoms with Crippen molar-refractivity contribution < 1.29 is 34.7 Å². The molecule has 6 unspecified atom stereocenters. The Morgan fingerprint density at radius 3 is 2.78 bits per heavy atom. The molecule has 6 atom stereocenters. The Bertz CT molecular complexity index is 1180. The predicted molar refractivity (Wildman–Crippen MR) is 137 cm³/mol. The van der Waals surface area contributed by atoms with Crippen molar-refractivity contribution in [3.63, 3.8) is 0 Å². The highest BCUT2D eigenvalue weighted by Crippen LogP contribution is 2.43. The summed E-state index contributed by atoms with van der Waals surface area (Å²) in [6.07, 6.45) is 3.60. The van der Waals surface area contributed by atoms with E-state index in [-0.39, 0.29) is 12.5 Å². The molecular formula is C28H38N2O7. The number of nitrogens with zero attached hydrogens (tertiary/aromatic N) is 2. The van der Waals surface area contributed by atoms with Crippen molar-refractivity contribution in [1.82, 2.24) is 9.47 Å². The number of benzene rings is 1. The van der Waals surface area contributed by atoms with E-state index in [1.807, 2.05) is 6.92 Å². The fourth-order valence-electron chi connectivity index (χ4n) is 6.25. The van der Waals surface area contributed by atoms with E-state index in [0.29, 0.717) is 31.2 Å². The van der Waals surface area contributed by atoms with Crippen molar-refractivity contribution in [3.8, 4) is 0 Å². The topological polar surface area (TPSA) is 125 Å². The SMILES string of the molecule is CCC(=O)CCCn1cc2c3c(cccc31)C1C=C(COC3(CO)OC(CO)C(O)C3O)CN(C)C1C2. The number of aromatic nitrogens is 1. The summed E-state index contributed by atoms with van der Waals surface area (Å²) < 4.78 is 13.8. The molecule has 202 valence electrons. The van der Waals surface area contributed by atoms with Gasteiger partial charge in [-0.05, 0) is 42.7 Å². The van der Waals surface area contributed by atoms with Gasteiger partial charge >= 0.3 is 0 Å². The number of likely N-dealkylation sites (N-methyl/N-ethyl adjacent to an activating group) is 1. The molecule has 1 aliphatic carbocycles. The molecule has 2 aliphatic heterocycles. The molecule has 1 aromatic carbocycles. The average Bonchev–Trinajstić information content (AvgIpc) is 3.39. The molecule has 2 aromatic rings. The van der Waals surface area contributed by atoms with Crippen LogP contribution in [0.3, 0.4) is 0 Å². The lowest BCUT2D eigenvalue weighted by molar-refractivity contribution is -0.272. The van der Waals surface area contributed by atoms with Crippen molar-refractivity contribution in [2.75, 3.05) is 33.4 Å². The molecule has 1 saturated heterocycles. The van der Waals surface area contributed by atoms with Gasteiger partial charge in [0, 0.05) is 55.0 Å². The number of rotatable bonds is 10. The highest BCUT2D eigenvalue weighted by atomic mass is 16.7. The van der Waals surface area contributed by atoms with Crippen LogP contribution in [0, 0.1) is 0 Å². The summed E-state index contributed by atoms with van der Waals surface area (Å²) in [6.45, 7) is 2.38. The Hall–Kier alpha value is -2.11. The van der Waals surface area contributed by atoms with Gasteiger partial charge in [0.05, 0.1) is 13.2 Å². The van der Waals surface area contributed by atoms with Gasteiger partial charge in [0.2, 0.25) is 5.79 Å². The summed E-state index contributed by atoms with van der Waals surface area (Å²) in [6, 6.07) is 6.72. The highest BCUT2D eigenvalue weighted by molar-refractivity contribution is 5.89. The van der Waals surface area contributed by atoms with Crippen LogP contribution in [0.4, 0.5) is 0 Å². The van der Waals surface area contributed by atoms with Crippen LogP contribution in [0.1, 0.15) is 43.2 Å². The van der Waals surface area contributed by atoms with Crippen LogP contribution in [0.5, 0.6) is 0 Å². The lowest BCUT2D eigenvalue weighted by atomic mass is 9.77. The molecule has 3 aliphatic rings. The summed E-state index contributed by atoms with van der Waals surface area (Å²) in [7, 11) is 2.09. The van der Waals surface area contributed by atoms with E-state index in [1.165, 1.54) is 22.0 Å². The smallest absolute Gasteiger partial charge is 0.221 e. The third-order valence-electron chi connectivity index (χ3n) is 8.31. The molecule has 3 heterocycles. The number of fused-ring (bicyclic) bond motifs is 2. The van der Waals surface area contributed by atoms with E-state index in [2.05, 4.69) is 47.0 Å². The summed E-state index contributed by atoms with van der Waals surface area (Å²) in [5.74, 6) is -1.32. The molecule has 9 nitrogen and oxygen atoms in total. The predicted octanol–water partition coefficient (Wildman–Crippen LogP) is 1.10. The number of hydrogen-bond donors (Lipinski definition) is 4. The van der Waals surface area contributed by atoms with Crippen molar-refractivity contribution in [3.05, 3.63) is 47.2 Å². The van der Waals surface area contributed by atoms with Gasteiger partial charge in [0.1, 0.15) is 30.7 Å². The summed E-state index contributed by atoms with van der Waals surface area (Å²) in [5.41, 5.74) is 4.78. The van der Waals surface area contributed by atoms with Crippen molar-refractivity contribution >= 4 is 16.7 Å². The molecule has 0 spiro atoms. The van der Waals surface area contributed by atoms with Crippen LogP contribution in [0.25, 0.3) is 10.9 Å². The Morgan fingerprint density at radius 2 is 2.08 bits per heavy atom. The third-order valence-corrected chi connectivity index (χ3v) is 8.31. The number of aryl methyl sites for hydroxylation is 1. The fraction of sp³-hybridized carbons (Fsp3) is 0.607. The van der Waals surface area contributed by atoms with Gasteiger partial charge in [0.15, 0.2) is 0 Å². The van der Waals surface area contributed by atoms with Crippen molar-refractivity contribution in [2.45, 2.75) is 75.2 Å². The van der Waals surface area contributed by atoms with Crippen molar-refractivity contribution in [2.24, 2.45) is 0 Å². The van der Waals surface area contributed by atoms with Crippen LogP contribution in [-0.4, -0.2) is 99.2 Å². The van der Waals surface area contributed by atoms with Crippen molar-refractivity contribution in [1.29, 1.82) is 0 Å². The number of carbonyl (C=O) groups excluding carboxylic acids is 1. The Morgan fingerprint density at radius 1 is 1.27 bits per heavy atom. The van der Waals surface area contributed by atoms with Gasteiger partial charge < -0.3 is 34.5 Å². The average molecular weight is 515 g/mol. The number of hydrogen-bond acceptors (Lipinski definition) is 8. The molecule has 0 saturated carbocycles. The first kappa shape index (κ1) is 26.5. The van der Waals surface area contributed by atoms with Crippen LogP contribution >= 0.6 is 0 Å². The fourth-order valence-corrected chi connectivity index (χ4v) is 6.25. The van der Waals surface area contributed by atoms with E-state index in [0.717, 1.165) is 25.0 Å². The first-order valence-electron chi connectivity index (χ1n) is 13.2. The number of ketones is 1. The molecule has 0 amide bonds. The molecule has 5 rings (SSSR count). The maximum atomic E-state index is 11.8. The molecule has 4 N–H and O–H groups in total. The Balaban J connectivity index is 1.38. The second-order valence-electron chi connectivity index (χ2n) is 10.7. The number of carbonyl (C=O) groups is 1. The highest BCUT2D eigenvalue weighted by Gasteiger charge is 2.55. The minimum Gasteiger partial charge on any atom is -0.394 e. The second-order valence-corrected chi connectivity index (χ2v) is 10.7. The summed E-state index contributed by atoms with van der Waals surface area (Å²) >= 11 is 0. The Kier molecular flexibility index (Phi) is 7.57. The van der Waals surface area contributed by atoms with E-state index >= 15 is 0 Å². The molecular weight excluding hydrogens is 476 g/mol. The van der Waals surface area contributed by atoms with Gasteiger partial charge in [-0.25, -0.2) is 0 Å². The molecule has 1 aromatic heterocycles. The molecule has 0 bridgehead atoms. The minimum absolute atomic E-state index is 0.116. The molecule has 1 fully saturated rings. The summed E-state index contributed by atoms with van der Waals surface area (Å²) in [5, 5.41) is 41.3. The van der Waals surface area contributed by atoms with E-state index in [4.69, 9.17) is 9.47 Å². The second kappa shape index (κ2) is 10.6. The standard InChI is InChI=1S/C28H38N2O7/c1-3-19(33)6-5-9-30-13-18-11-23-21(20-7-4-8-22(30)25(18)20)10-17(12-29(23)2)15-36-28(16-32)27(35)26(34)24(14-31)37-28/h4,7-8,10,13,21,23-24,26-27,31-32,34-35H,3,5-6,9,11-12,14-16H2,1-2H3. The third kappa shape index (κ3) is 4.67. The lowest BCUT2D eigenvalue weighted by Gasteiger charge is -2.41. The number of ether oxygens (including phenoxy) is 2. The normalized spacial score (nSPS) is 31.5.